The first kappa shape index (κ1) is 17.3. The SMILES string of the molecule is CN(C)c1ccc(CNC(=O)CSc2nccc3ccccc23)cc1. The first-order valence-corrected chi connectivity index (χ1v) is 9.11. The molecule has 0 aliphatic carbocycles. The molecule has 0 aliphatic rings. The van der Waals surface area contributed by atoms with Crippen molar-refractivity contribution in [1.29, 1.82) is 0 Å². The van der Waals surface area contributed by atoms with Crippen LogP contribution in [0, 0.1) is 0 Å². The molecule has 0 radical (unpaired) electrons. The summed E-state index contributed by atoms with van der Waals surface area (Å²) in [5, 5.41) is 6.08. The monoisotopic (exact) mass is 351 g/mol. The molecule has 0 fully saturated rings. The van der Waals surface area contributed by atoms with Gasteiger partial charge >= 0.3 is 0 Å². The van der Waals surface area contributed by atoms with Crippen LogP contribution in [-0.2, 0) is 11.3 Å². The van der Waals surface area contributed by atoms with Crippen molar-refractivity contribution >= 4 is 34.1 Å². The third-order valence-corrected chi connectivity index (χ3v) is 4.92. The van der Waals surface area contributed by atoms with Gasteiger partial charge in [-0.1, -0.05) is 48.2 Å². The van der Waals surface area contributed by atoms with Gasteiger partial charge in [-0.3, -0.25) is 4.79 Å². The normalized spacial score (nSPS) is 10.6. The molecule has 0 spiro atoms. The zero-order valence-corrected chi connectivity index (χ0v) is 15.2. The molecular formula is C20H21N3OS. The fourth-order valence-corrected chi connectivity index (χ4v) is 3.35. The molecule has 0 aliphatic heterocycles. The molecule has 1 heterocycles. The second kappa shape index (κ2) is 8.03. The lowest BCUT2D eigenvalue weighted by Crippen LogP contribution is -2.24. The van der Waals surface area contributed by atoms with Gasteiger partial charge < -0.3 is 10.2 Å². The average Bonchev–Trinajstić information content (AvgIpc) is 2.65. The van der Waals surface area contributed by atoms with Crippen molar-refractivity contribution in [2.24, 2.45) is 0 Å². The molecule has 1 N–H and O–H groups in total. The van der Waals surface area contributed by atoms with Gasteiger partial charge in [0, 0.05) is 37.9 Å². The molecule has 2 aromatic carbocycles. The number of nitrogens with zero attached hydrogens (tertiary/aromatic N) is 2. The zero-order valence-electron chi connectivity index (χ0n) is 14.4. The molecule has 3 rings (SSSR count). The van der Waals surface area contributed by atoms with Gasteiger partial charge in [0.2, 0.25) is 5.91 Å². The molecule has 4 nitrogen and oxygen atoms in total. The lowest BCUT2D eigenvalue weighted by atomic mass is 10.2. The quantitative estimate of drug-likeness (QED) is 0.688. The number of carbonyl (C=O) groups excluding carboxylic acids is 1. The summed E-state index contributed by atoms with van der Waals surface area (Å²) in [7, 11) is 4.02. The van der Waals surface area contributed by atoms with E-state index in [-0.39, 0.29) is 5.91 Å². The van der Waals surface area contributed by atoms with Crippen molar-refractivity contribution in [2.45, 2.75) is 11.6 Å². The molecule has 0 atom stereocenters. The summed E-state index contributed by atoms with van der Waals surface area (Å²) in [5.41, 5.74) is 2.24. The third kappa shape index (κ3) is 4.51. The zero-order chi connectivity index (χ0) is 17.6. The second-order valence-corrected chi connectivity index (χ2v) is 6.93. The van der Waals surface area contributed by atoms with Crippen LogP contribution >= 0.6 is 11.8 Å². The Bertz CT molecular complexity index is 857. The number of hydrogen-bond acceptors (Lipinski definition) is 4. The Kier molecular flexibility index (Phi) is 5.56. The summed E-state index contributed by atoms with van der Waals surface area (Å²) in [4.78, 5) is 18.6. The largest absolute Gasteiger partial charge is 0.378 e. The lowest BCUT2D eigenvalue weighted by Gasteiger charge is -2.13. The van der Waals surface area contributed by atoms with Gasteiger partial charge in [-0.05, 0) is 29.1 Å². The van der Waals surface area contributed by atoms with Crippen molar-refractivity contribution in [3.63, 3.8) is 0 Å². The molecule has 0 unspecified atom stereocenters. The Morgan fingerprint density at radius 2 is 1.84 bits per heavy atom. The summed E-state index contributed by atoms with van der Waals surface area (Å²) in [6.07, 6.45) is 1.79. The van der Waals surface area contributed by atoms with Gasteiger partial charge in [-0.25, -0.2) is 4.98 Å². The Labute approximate surface area is 152 Å². The van der Waals surface area contributed by atoms with Gasteiger partial charge in [0.15, 0.2) is 0 Å². The maximum Gasteiger partial charge on any atom is 0.230 e. The molecule has 3 aromatic rings. The van der Waals surface area contributed by atoms with E-state index in [0.29, 0.717) is 12.3 Å². The van der Waals surface area contributed by atoms with E-state index in [1.807, 2.05) is 50.5 Å². The van der Waals surface area contributed by atoms with Crippen LogP contribution in [0.4, 0.5) is 5.69 Å². The molecule has 128 valence electrons. The van der Waals surface area contributed by atoms with E-state index < -0.39 is 0 Å². The Balaban J connectivity index is 1.54. The number of amides is 1. The maximum absolute atomic E-state index is 12.1. The number of anilines is 1. The fourth-order valence-electron chi connectivity index (χ4n) is 2.50. The lowest BCUT2D eigenvalue weighted by molar-refractivity contribution is -0.118. The van der Waals surface area contributed by atoms with Gasteiger partial charge in [-0.15, -0.1) is 0 Å². The number of rotatable bonds is 6. The minimum Gasteiger partial charge on any atom is -0.378 e. The Hall–Kier alpha value is -2.53. The topological polar surface area (TPSA) is 45.2 Å². The number of hydrogen-bond donors (Lipinski definition) is 1. The standard InChI is InChI=1S/C20H21N3OS/c1-23(2)17-9-7-15(8-10-17)13-22-19(24)14-25-20-18-6-4-3-5-16(18)11-12-21-20/h3-12H,13-14H2,1-2H3,(H,22,24). The Morgan fingerprint density at radius 1 is 1.08 bits per heavy atom. The third-order valence-electron chi connectivity index (χ3n) is 3.92. The minimum atomic E-state index is 0.0106. The van der Waals surface area contributed by atoms with Crippen LogP contribution < -0.4 is 10.2 Å². The maximum atomic E-state index is 12.1. The molecule has 25 heavy (non-hydrogen) atoms. The highest BCUT2D eigenvalue weighted by Gasteiger charge is 2.07. The number of thioether (sulfide) groups is 1. The van der Waals surface area contributed by atoms with Gasteiger partial charge in [0.05, 0.1) is 5.75 Å². The molecule has 0 saturated heterocycles. The number of benzene rings is 2. The van der Waals surface area contributed by atoms with E-state index in [9.17, 15) is 4.79 Å². The van der Waals surface area contributed by atoms with Gasteiger partial charge in [0.25, 0.3) is 0 Å². The molecule has 1 amide bonds. The van der Waals surface area contributed by atoms with Crippen LogP contribution in [0.25, 0.3) is 10.8 Å². The summed E-state index contributed by atoms with van der Waals surface area (Å²) in [6, 6.07) is 18.2. The highest BCUT2D eigenvalue weighted by atomic mass is 32.2. The van der Waals surface area contributed by atoms with Crippen LogP contribution in [0.5, 0.6) is 0 Å². The van der Waals surface area contributed by atoms with E-state index in [1.165, 1.54) is 11.8 Å². The first-order valence-electron chi connectivity index (χ1n) is 8.13. The summed E-state index contributed by atoms with van der Waals surface area (Å²) >= 11 is 1.47. The van der Waals surface area contributed by atoms with Crippen molar-refractivity contribution in [3.8, 4) is 0 Å². The molecule has 5 heteroatoms. The smallest absolute Gasteiger partial charge is 0.230 e. The van der Waals surface area contributed by atoms with Crippen LogP contribution in [0.3, 0.4) is 0 Å². The van der Waals surface area contributed by atoms with E-state index in [0.717, 1.165) is 27.0 Å². The van der Waals surface area contributed by atoms with E-state index in [1.54, 1.807) is 6.20 Å². The second-order valence-electron chi connectivity index (χ2n) is 5.96. The summed E-state index contributed by atoms with van der Waals surface area (Å²) in [6.45, 7) is 0.538. The molecule has 0 saturated carbocycles. The highest BCUT2D eigenvalue weighted by Crippen LogP contribution is 2.25. The predicted molar refractivity (Wildman–Crippen MR) is 105 cm³/mol. The van der Waals surface area contributed by atoms with E-state index in [4.69, 9.17) is 0 Å². The predicted octanol–water partition coefficient (Wildman–Crippen LogP) is 3.71. The number of nitrogens with one attached hydrogen (secondary N) is 1. The van der Waals surface area contributed by atoms with Crippen molar-refractivity contribution in [2.75, 3.05) is 24.7 Å². The van der Waals surface area contributed by atoms with E-state index >= 15 is 0 Å². The number of carbonyl (C=O) groups is 1. The van der Waals surface area contributed by atoms with Gasteiger partial charge in [-0.2, -0.15) is 0 Å². The number of pyridine rings is 1. The van der Waals surface area contributed by atoms with Crippen LogP contribution in [0.2, 0.25) is 0 Å². The van der Waals surface area contributed by atoms with Crippen LogP contribution in [0.15, 0.2) is 65.8 Å². The van der Waals surface area contributed by atoms with Crippen molar-refractivity contribution in [1.82, 2.24) is 10.3 Å². The molecule has 0 bridgehead atoms. The van der Waals surface area contributed by atoms with Gasteiger partial charge in [0.1, 0.15) is 5.03 Å². The fraction of sp³-hybridized carbons (Fsp3) is 0.200. The van der Waals surface area contributed by atoms with Crippen LogP contribution in [-0.4, -0.2) is 30.7 Å². The molecular weight excluding hydrogens is 330 g/mol. The minimum absolute atomic E-state index is 0.0106. The highest BCUT2D eigenvalue weighted by molar-refractivity contribution is 8.00. The van der Waals surface area contributed by atoms with E-state index in [2.05, 4.69) is 33.4 Å². The van der Waals surface area contributed by atoms with Crippen LogP contribution in [0.1, 0.15) is 5.56 Å². The Morgan fingerprint density at radius 3 is 2.60 bits per heavy atom. The summed E-state index contributed by atoms with van der Waals surface area (Å²) in [5.74, 6) is 0.368. The summed E-state index contributed by atoms with van der Waals surface area (Å²) < 4.78 is 0. The molecule has 1 aromatic heterocycles. The number of fused-ring (bicyclic) bond motifs is 1. The van der Waals surface area contributed by atoms with Crippen molar-refractivity contribution in [3.05, 3.63) is 66.4 Å². The average molecular weight is 351 g/mol. The van der Waals surface area contributed by atoms with Crippen molar-refractivity contribution < 1.29 is 4.79 Å². The first-order chi connectivity index (χ1) is 12.1. The number of aromatic nitrogens is 1.